The Labute approximate surface area is 99.8 Å². The number of hydrogen-bond donors (Lipinski definition) is 1. The molecule has 0 radical (unpaired) electrons. The average molecular weight is 226 g/mol. The lowest BCUT2D eigenvalue weighted by Gasteiger charge is -2.11. The molecule has 86 valence electrons. The maximum atomic E-state index is 5.88. The minimum atomic E-state index is 0.140. The largest absolute Gasteiger partial charge is 0.324 e. The van der Waals surface area contributed by atoms with Crippen molar-refractivity contribution in [2.24, 2.45) is 5.73 Å². The second-order valence-corrected chi connectivity index (χ2v) is 4.29. The monoisotopic (exact) mass is 226 g/mol. The van der Waals surface area contributed by atoms with Crippen molar-refractivity contribution < 1.29 is 0 Å². The van der Waals surface area contributed by atoms with E-state index in [-0.39, 0.29) is 12.0 Å². The highest BCUT2D eigenvalue weighted by atomic mass is 15.3. The van der Waals surface area contributed by atoms with E-state index in [1.54, 1.807) is 6.33 Å². The van der Waals surface area contributed by atoms with Crippen LogP contribution in [0.5, 0.6) is 0 Å². The summed E-state index contributed by atoms with van der Waals surface area (Å²) < 4.78 is 2.02. The lowest BCUT2D eigenvalue weighted by atomic mass is 10.1. The molecule has 17 heavy (non-hydrogen) atoms. The minimum absolute atomic E-state index is 0.140. The number of nitrogens with zero attached hydrogens (tertiary/aromatic N) is 3. The van der Waals surface area contributed by atoms with E-state index in [4.69, 9.17) is 5.73 Å². The Balaban J connectivity index is 1.98. The van der Waals surface area contributed by atoms with Crippen LogP contribution in [0.3, 0.4) is 0 Å². The zero-order chi connectivity index (χ0) is 11.7. The molecule has 4 nitrogen and oxygen atoms in total. The van der Waals surface area contributed by atoms with E-state index in [1.807, 2.05) is 41.0 Å². The molecule has 0 amide bonds. The highest BCUT2D eigenvalue weighted by molar-refractivity contribution is 5.34. The molecule has 0 fully saturated rings. The van der Waals surface area contributed by atoms with Gasteiger partial charge in [-0.15, -0.1) is 10.2 Å². The predicted octanol–water partition coefficient (Wildman–Crippen LogP) is 1.64. The normalized spacial score (nSPS) is 23.1. The lowest BCUT2D eigenvalue weighted by Crippen LogP contribution is -2.15. The van der Waals surface area contributed by atoms with E-state index in [0.29, 0.717) is 0 Å². The molecule has 3 rings (SSSR count). The predicted molar refractivity (Wildman–Crippen MR) is 65.8 cm³/mol. The molecule has 1 aromatic heterocycles. The Morgan fingerprint density at radius 2 is 2.00 bits per heavy atom. The second-order valence-electron chi connectivity index (χ2n) is 4.29. The number of nitrogens with two attached hydrogens (primary N) is 1. The summed E-state index contributed by atoms with van der Waals surface area (Å²) in [5.41, 5.74) is 6.96. The topological polar surface area (TPSA) is 56.7 Å². The summed E-state index contributed by atoms with van der Waals surface area (Å²) in [5, 5.41) is 8.22. The van der Waals surface area contributed by atoms with E-state index in [9.17, 15) is 0 Å². The van der Waals surface area contributed by atoms with Crippen LogP contribution in [0, 0.1) is 0 Å². The van der Waals surface area contributed by atoms with Crippen LogP contribution in [0.25, 0.3) is 5.69 Å². The van der Waals surface area contributed by atoms with Gasteiger partial charge < -0.3 is 5.73 Å². The maximum Gasteiger partial charge on any atom is 0.144 e. The molecule has 1 aromatic carbocycles. The number of hydrogen-bond acceptors (Lipinski definition) is 3. The zero-order valence-electron chi connectivity index (χ0n) is 9.40. The van der Waals surface area contributed by atoms with Gasteiger partial charge in [0.1, 0.15) is 12.2 Å². The molecule has 4 heteroatoms. The molecule has 2 unspecified atom stereocenters. The Kier molecular flexibility index (Phi) is 2.49. The van der Waals surface area contributed by atoms with Gasteiger partial charge in [-0.2, -0.15) is 0 Å². The van der Waals surface area contributed by atoms with E-state index < -0.39 is 0 Å². The number of para-hydroxylation sites is 1. The molecule has 1 aliphatic carbocycles. The standard InChI is InChI=1S/C13H14N4/c14-11-7-6-10(8-11)13-16-15-9-17(13)12-4-2-1-3-5-12/h1-7,9-11H,8,14H2. The Bertz CT molecular complexity index is 529. The lowest BCUT2D eigenvalue weighted by molar-refractivity contribution is 0.664. The summed E-state index contributed by atoms with van der Waals surface area (Å²) in [6.45, 7) is 0. The summed E-state index contributed by atoms with van der Waals surface area (Å²) >= 11 is 0. The summed E-state index contributed by atoms with van der Waals surface area (Å²) in [6.07, 6.45) is 6.82. The zero-order valence-corrected chi connectivity index (χ0v) is 9.40. The first kappa shape index (κ1) is 10.2. The fourth-order valence-corrected chi connectivity index (χ4v) is 2.20. The quantitative estimate of drug-likeness (QED) is 0.792. The van der Waals surface area contributed by atoms with Crippen molar-refractivity contribution >= 4 is 0 Å². The van der Waals surface area contributed by atoms with Crippen LogP contribution in [0.15, 0.2) is 48.8 Å². The number of aromatic nitrogens is 3. The molecular formula is C13H14N4. The third-order valence-corrected chi connectivity index (χ3v) is 3.06. The summed E-state index contributed by atoms with van der Waals surface area (Å²) in [7, 11) is 0. The van der Waals surface area contributed by atoms with Crippen molar-refractivity contribution in [1.82, 2.24) is 14.8 Å². The van der Waals surface area contributed by atoms with E-state index in [0.717, 1.165) is 17.9 Å². The number of allylic oxidation sites excluding steroid dienone is 1. The van der Waals surface area contributed by atoms with Gasteiger partial charge in [-0.25, -0.2) is 0 Å². The molecule has 1 aliphatic rings. The van der Waals surface area contributed by atoms with Crippen LogP contribution in [0.4, 0.5) is 0 Å². The van der Waals surface area contributed by atoms with Crippen LogP contribution in [0.1, 0.15) is 18.2 Å². The van der Waals surface area contributed by atoms with Crippen LogP contribution in [-0.2, 0) is 0 Å². The smallest absolute Gasteiger partial charge is 0.144 e. The second kappa shape index (κ2) is 4.14. The molecule has 2 N–H and O–H groups in total. The third-order valence-electron chi connectivity index (χ3n) is 3.06. The molecule has 0 bridgehead atoms. The van der Waals surface area contributed by atoms with Gasteiger partial charge in [0.05, 0.1) is 0 Å². The first-order valence-electron chi connectivity index (χ1n) is 5.74. The SMILES string of the molecule is NC1C=CC(c2nncn2-c2ccccc2)C1. The molecule has 2 atom stereocenters. The average Bonchev–Trinajstić information content (AvgIpc) is 2.98. The fraction of sp³-hybridized carbons (Fsp3) is 0.231. The highest BCUT2D eigenvalue weighted by Gasteiger charge is 2.22. The van der Waals surface area contributed by atoms with Gasteiger partial charge in [0.2, 0.25) is 0 Å². The molecule has 0 aliphatic heterocycles. The van der Waals surface area contributed by atoms with E-state index in [2.05, 4.69) is 16.3 Å². The van der Waals surface area contributed by atoms with E-state index >= 15 is 0 Å². The Hall–Kier alpha value is -1.94. The summed E-state index contributed by atoms with van der Waals surface area (Å²) in [5.74, 6) is 1.23. The van der Waals surface area contributed by atoms with Crippen LogP contribution in [0.2, 0.25) is 0 Å². The van der Waals surface area contributed by atoms with Crippen molar-refractivity contribution in [3.63, 3.8) is 0 Å². The summed E-state index contributed by atoms with van der Waals surface area (Å²) in [6, 6.07) is 10.3. The Morgan fingerprint density at radius 1 is 1.18 bits per heavy atom. The van der Waals surface area contributed by atoms with Crippen molar-refractivity contribution in [2.45, 2.75) is 18.4 Å². The van der Waals surface area contributed by atoms with Gasteiger partial charge in [0.25, 0.3) is 0 Å². The first-order valence-corrected chi connectivity index (χ1v) is 5.74. The van der Waals surface area contributed by atoms with Crippen LogP contribution >= 0.6 is 0 Å². The minimum Gasteiger partial charge on any atom is -0.324 e. The highest BCUT2D eigenvalue weighted by Crippen LogP contribution is 2.27. The molecule has 0 spiro atoms. The number of rotatable bonds is 2. The van der Waals surface area contributed by atoms with Gasteiger partial charge in [0, 0.05) is 17.6 Å². The van der Waals surface area contributed by atoms with Crippen LogP contribution in [-0.4, -0.2) is 20.8 Å². The first-order chi connectivity index (χ1) is 8.34. The molecular weight excluding hydrogens is 212 g/mol. The number of benzene rings is 1. The summed E-state index contributed by atoms with van der Waals surface area (Å²) in [4.78, 5) is 0. The molecule has 2 aromatic rings. The fourth-order valence-electron chi connectivity index (χ4n) is 2.20. The van der Waals surface area contributed by atoms with Gasteiger partial charge in [-0.05, 0) is 18.6 Å². The van der Waals surface area contributed by atoms with Gasteiger partial charge in [0.15, 0.2) is 0 Å². The van der Waals surface area contributed by atoms with Gasteiger partial charge >= 0.3 is 0 Å². The Morgan fingerprint density at radius 3 is 2.71 bits per heavy atom. The molecule has 0 saturated heterocycles. The van der Waals surface area contributed by atoms with Gasteiger partial charge in [-0.1, -0.05) is 30.4 Å². The molecule has 1 heterocycles. The van der Waals surface area contributed by atoms with E-state index in [1.165, 1.54) is 0 Å². The maximum absolute atomic E-state index is 5.88. The third kappa shape index (κ3) is 1.87. The van der Waals surface area contributed by atoms with Crippen molar-refractivity contribution in [3.05, 3.63) is 54.6 Å². The van der Waals surface area contributed by atoms with Crippen LogP contribution < -0.4 is 5.73 Å². The van der Waals surface area contributed by atoms with Gasteiger partial charge in [-0.3, -0.25) is 4.57 Å². The van der Waals surface area contributed by atoms with Crippen molar-refractivity contribution in [3.8, 4) is 5.69 Å². The van der Waals surface area contributed by atoms with Crippen molar-refractivity contribution in [2.75, 3.05) is 0 Å². The molecule has 0 saturated carbocycles. The van der Waals surface area contributed by atoms with Crippen molar-refractivity contribution in [1.29, 1.82) is 0 Å².